The number of hydrogen-bond acceptors (Lipinski definition) is 2. The summed E-state index contributed by atoms with van der Waals surface area (Å²) in [6.07, 6.45) is -0.393. The van der Waals surface area contributed by atoms with E-state index in [0.29, 0.717) is 30.5 Å². The molecule has 0 amide bonds. The van der Waals surface area contributed by atoms with Crippen LogP contribution in [0.4, 0.5) is 8.78 Å². The second-order valence-corrected chi connectivity index (χ2v) is 9.03. The summed E-state index contributed by atoms with van der Waals surface area (Å²) < 4.78 is 25.0. The summed E-state index contributed by atoms with van der Waals surface area (Å²) in [6.45, 7) is 18.1. The number of halogens is 2. The summed E-state index contributed by atoms with van der Waals surface area (Å²) in [5.74, 6) is 0. The van der Waals surface area contributed by atoms with E-state index in [1.54, 1.807) is 0 Å². The predicted molar refractivity (Wildman–Crippen MR) is 86.2 cm³/mol. The molecule has 2 aliphatic rings. The minimum absolute atomic E-state index is 0.310. The molecule has 1 unspecified atom stereocenters. The Morgan fingerprint density at radius 3 is 1.52 bits per heavy atom. The van der Waals surface area contributed by atoms with Crippen molar-refractivity contribution in [1.29, 1.82) is 0 Å². The molecular formula is C17H34F2N2. The Balaban J connectivity index is 0.000000211. The van der Waals surface area contributed by atoms with Crippen LogP contribution in [0.1, 0.15) is 48.0 Å². The number of rotatable bonds is 2. The highest BCUT2D eigenvalue weighted by Crippen LogP contribution is 2.21. The smallest absolute Gasteiger partial charge is 0.125 e. The average molecular weight is 304 g/mol. The van der Waals surface area contributed by atoms with Gasteiger partial charge in [-0.15, -0.1) is 0 Å². The highest BCUT2D eigenvalue weighted by atomic mass is 19.1. The molecule has 21 heavy (non-hydrogen) atoms. The summed E-state index contributed by atoms with van der Waals surface area (Å²) in [4.78, 5) is 4.37. The Bertz CT molecular complexity index is 301. The van der Waals surface area contributed by atoms with Crippen LogP contribution in [0.2, 0.25) is 0 Å². The van der Waals surface area contributed by atoms with Gasteiger partial charge in [0.2, 0.25) is 0 Å². The number of hydrogen-bond donors (Lipinski definition) is 0. The first-order chi connectivity index (χ1) is 9.44. The van der Waals surface area contributed by atoms with Crippen LogP contribution in [0, 0.1) is 10.8 Å². The van der Waals surface area contributed by atoms with Gasteiger partial charge in [0.1, 0.15) is 12.3 Å². The van der Waals surface area contributed by atoms with Crippen LogP contribution < -0.4 is 0 Å². The van der Waals surface area contributed by atoms with E-state index in [9.17, 15) is 8.78 Å². The van der Waals surface area contributed by atoms with Gasteiger partial charge in [-0.1, -0.05) is 41.5 Å². The molecule has 0 spiro atoms. The van der Waals surface area contributed by atoms with Crippen molar-refractivity contribution in [3.05, 3.63) is 0 Å². The second kappa shape index (κ2) is 7.36. The molecular weight excluding hydrogens is 270 g/mol. The molecule has 0 radical (unpaired) electrons. The van der Waals surface area contributed by atoms with Crippen molar-refractivity contribution in [3.63, 3.8) is 0 Å². The van der Waals surface area contributed by atoms with E-state index in [1.165, 1.54) is 0 Å². The third-order valence-corrected chi connectivity index (χ3v) is 3.52. The van der Waals surface area contributed by atoms with Gasteiger partial charge in [-0.2, -0.15) is 0 Å². The summed E-state index contributed by atoms with van der Waals surface area (Å²) in [5, 5.41) is 0. The van der Waals surface area contributed by atoms with E-state index in [4.69, 9.17) is 0 Å². The van der Waals surface area contributed by atoms with E-state index in [2.05, 4.69) is 51.3 Å². The maximum absolute atomic E-state index is 12.7. The molecule has 2 rings (SSSR count). The fraction of sp³-hybridized carbons (Fsp3) is 1.00. The molecule has 0 saturated carbocycles. The summed E-state index contributed by atoms with van der Waals surface area (Å²) in [6, 6.07) is 0. The fourth-order valence-corrected chi connectivity index (χ4v) is 2.91. The molecule has 2 fully saturated rings. The Morgan fingerprint density at radius 2 is 1.19 bits per heavy atom. The van der Waals surface area contributed by atoms with Crippen molar-refractivity contribution in [2.24, 2.45) is 10.8 Å². The largest absolute Gasteiger partial charge is 0.300 e. The van der Waals surface area contributed by atoms with E-state index in [-0.39, 0.29) is 0 Å². The van der Waals surface area contributed by atoms with Crippen molar-refractivity contribution in [2.75, 3.05) is 39.3 Å². The molecule has 126 valence electrons. The van der Waals surface area contributed by atoms with Gasteiger partial charge in [0.25, 0.3) is 0 Å². The Labute approximate surface area is 129 Å². The van der Waals surface area contributed by atoms with E-state index in [0.717, 1.165) is 26.1 Å². The van der Waals surface area contributed by atoms with Crippen LogP contribution in [0.5, 0.6) is 0 Å². The molecule has 2 nitrogen and oxygen atoms in total. The molecule has 0 aliphatic carbocycles. The molecule has 0 aromatic rings. The first-order valence-corrected chi connectivity index (χ1v) is 8.17. The fourth-order valence-electron chi connectivity index (χ4n) is 2.91. The molecule has 2 aliphatic heterocycles. The van der Waals surface area contributed by atoms with Gasteiger partial charge in [-0.25, -0.2) is 8.78 Å². The number of likely N-dealkylation sites (tertiary alicyclic amines) is 2. The van der Waals surface area contributed by atoms with Crippen molar-refractivity contribution >= 4 is 0 Å². The SMILES string of the molecule is CC(C)(C)CN1CC(F)C1.CC(C)(C)CN1CCC(F)C1. The number of alkyl halides is 2. The first kappa shape index (κ1) is 18.8. The zero-order valence-electron chi connectivity index (χ0n) is 14.8. The van der Waals surface area contributed by atoms with Crippen molar-refractivity contribution in [2.45, 2.75) is 60.3 Å². The lowest BCUT2D eigenvalue weighted by Gasteiger charge is -2.38. The normalized spacial score (nSPS) is 25.4. The highest BCUT2D eigenvalue weighted by molar-refractivity contribution is 4.82. The quantitative estimate of drug-likeness (QED) is 0.766. The molecule has 0 aromatic heterocycles. The lowest BCUT2D eigenvalue weighted by atomic mass is 9.94. The highest BCUT2D eigenvalue weighted by Gasteiger charge is 2.29. The topological polar surface area (TPSA) is 6.48 Å². The maximum atomic E-state index is 12.7. The van der Waals surface area contributed by atoms with Crippen molar-refractivity contribution in [1.82, 2.24) is 9.80 Å². The Kier molecular flexibility index (Phi) is 6.60. The van der Waals surface area contributed by atoms with Crippen LogP contribution in [-0.4, -0.2) is 61.4 Å². The van der Waals surface area contributed by atoms with Gasteiger partial charge in [0, 0.05) is 39.3 Å². The van der Waals surface area contributed by atoms with Gasteiger partial charge in [-0.05, 0) is 17.3 Å². The van der Waals surface area contributed by atoms with E-state index < -0.39 is 12.3 Å². The van der Waals surface area contributed by atoms with Gasteiger partial charge in [-0.3, -0.25) is 9.80 Å². The van der Waals surface area contributed by atoms with Crippen LogP contribution in [0.15, 0.2) is 0 Å². The van der Waals surface area contributed by atoms with E-state index in [1.807, 2.05) is 0 Å². The van der Waals surface area contributed by atoms with Gasteiger partial charge >= 0.3 is 0 Å². The third kappa shape index (κ3) is 8.72. The lowest BCUT2D eigenvalue weighted by molar-refractivity contribution is 0.0386. The van der Waals surface area contributed by atoms with Crippen LogP contribution >= 0.6 is 0 Å². The molecule has 0 bridgehead atoms. The minimum atomic E-state index is -0.572. The predicted octanol–water partition coefficient (Wildman–Crippen LogP) is 3.76. The monoisotopic (exact) mass is 304 g/mol. The summed E-state index contributed by atoms with van der Waals surface area (Å²) in [5.41, 5.74) is 0.629. The molecule has 0 N–H and O–H groups in total. The average Bonchev–Trinajstić information content (AvgIpc) is 2.57. The third-order valence-electron chi connectivity index (χ3n) is 3.52. The second-order valence-electron chi connectivity index (χ2n) is 9.03. The minimum Gasteiger partial charge on any atom is -0.300 e. The summed E-state index contributed by atoms with van der Waals surface area (Å²) >= 11 is 0. The first-order valence-electron chi connectivity index (χ1n) is 8.17. The molecule has 2 heterocycles. The zero-order valence-corrected chi connectivity index (χ0v) is 14.8. The zero-order chi connectivity index (χ0) is 16.3. The molecule has 1 atom stereocenters. The van der Waals surface area contributed by atoms with Crippen molar-refractivity contribution in [3.8, 4) is 0 Å². The lowest BCUT2D eigenvalue weighted by Crippen LogP contribution is -2.51. The van der Waals surface area contributed by atoms with E-state index >= 15 is 0 Å². The van der Waals surface area contributed by atoms with Crippen LogP contribution in [0.25, 0.3) is 0 Å². The standard InChI is InChI=1S/C9H18FN.C8H16FN/c1-9(2,3)7-11-5-4-8(10)6-11;1-8(2,3)6-10-4-7(9)5-10/h8H,4-7H2,1-3H3;7H,4-6H2,1-3H3. The maximum Gasteiger partial charge on any atom is 0.125 e. The molecule has 2 saturated heterocycles. The Morgan fingerprint density at radius 1 is 0.762 bits per heavy atom. The van der Waals surface area contributed by atoms with Crippen LogP contribution in [-0.2, 0) is 0 Å². The van der Waals surface area contributed by atoms with Gasteiger partial charge < -0.3 is 0 Å². The molecule has 4 heteroatoms. The van der Waals surface area contributed by atoms with Crippen molar-refractivity contribution < 1.29 is 8.78 Å². The Hall–Kier alpha value is -0.220. The molecule has 0 aromatic carbocycles. The van der Waals surface area contributed by atoms with Gasteiger partial charge in [0.05, 0.1) is 0 Å². The van der Waals surface area contributed by atoms with Crippen LogP contribution in [0.3, 0.4) is 0 Å². The number of nitrogens with zero attached hydrogens (tertiary/aromatic N) is 2. The summed E-state index contributed by atoms with van der Waals surface area (Å²) in [7, 11) is 0. The van der Waals surface area contributed by atoms with Gasteiger partial charge in [0.15, 0.2) is 0 Å².